The van der Waals surface area contributed by atoms with E-state index in [-0.39, 0.29) is 28.4 Å². The minimum Gasteiger partial charge on any atom is -0.436 e. The van der Waals surface area contributed by atoms with Gasteiger partial charge >= 0.3 is 5.91 Å². The molecule has 5 atom stereocenters. The number of likely N-dealkylation sites (N-methyl/N-ethyl adjacent to an activating group) is 2. The summed E-state index contributed by atoms with van der Waals surface area (Å²) in [5.74, 6) is 1.21. The Labute approximate surface area is 338 Å². The van der Waals surface area contributed by atoms with Gasteiger partial charge in [-0.2, -0.15) is 0 Å². The maximum Gasteiger partial charge on any atom is 0.341 e. The largest absolute Gasteiger partial charge is 0.436 e. The molecule has 0 aliphatic carbocycles. The number of H-pyrrole nitrogens is 1. The van der Waals surface area contributed by atoms with E-state index in [4.69, 9.17) is 20.1 Å². The Balaban J connectivity index is 1.10. The molecule has 2 aliphatic heterocycles. The van der Waals surface area contributed by atoms with Crippen LogP contribution in [0.4, 0.5) is 5.69 Å². The van der Waals surface area contributed by atoms with Gasteiger partial charge in [0.05, 0.1) is 29.8 Å². The number of carbonyl (C=O) groups excluding carboxylic acids is 3. The van der Waals surface area contributed by atoms with Gasteiger partial charge in [0.25, 0.3) is 5.91 Å². The first kappa shape index (κ1) is 38.9. The summed E-state index contributed by atoms with van der Waals surface area (Å²) in [4.78, 5) is 61.3. The van der Waals surface area contributed by atoms with E-state index >= 15 is 4.79 Å². The van der Waals surface area contributed by atoms with Crippen molar-refractivity contribution in [1.29, 1.82) is 0 Å². The van der Waals surface area contributed by atoms with Gasteiger partial charge in [0, 0.05) is 36.1 Å². The van der Waals surface area contributed by atoms with E-state index in [9.17, 15) is 9.59 Å². The molecular weight excluding hydrogens is 729 g/mol. The average Bonchev–Trinajstić information content (AvgIpc) is 4.04. The minimum atomic E-state index is -0.716. The number of oxazole rings is 1. The summed E-state index contributed by atoms with van der Waals surface area (Å²) in [7, 11) is 7.65. The van der Waals surface area contributed by atoms with Crippen molar-refractivity contribution in [2.24, 2.45) is 5.73 Å². The number of aromatic nitrogens is 3. The Hall–Kier alpha value is -5.95. The van der Waals surface area contributed by atoms with Gasteiger partial charge < -0.3 is 20.0 Å². The van der Waals surface area contributed by atoms with Crippen LogP contribution in [0.5, 0.6) is 0 Å². The number of fused-ring (bicyclic) bond motifs is 1. The van der Waals surface area contributed by atoms with Crippen molar-refractivity contribution in [2.45, 2.75) is 56.8 Å². The Morgan fingerprint density at radius 2 is 1.55 bits per heavy atom. The second kappa shape index (κ2) is 15.8. The summed E-state index contributed by atoms with van der Waals surface area (Å²) in [6.45, 7) is 3.08. The van der Waals surface area contributed by atoms with Crippen LogP contribution in [0.1, 0.15) is 66.3 Å². The topological polar surface area (TPSA) is 142 Å². The van der Waals surface area contributed by atoms with Gasteiger partial charge in [-0.05, 0) is 89.4 Å². The number of nitrogens with zero attached hydrogens (tertiary/aromatic N) is 6. The lowest BCUT2D eigenvalue weighted by molar-refractivity contribution is -0.140. The number of primary amides is 1. The number of likely N-dealkylation sites (tertiary alicyclic amines) is 2. The molecular formula is C46H51N8O4+. The monoisotopic (exact) mass is 779 g/mol. The van der Waals surface area contributed by atoms with Gasteiger partial charge in [0.1, 0.15) is 17.6 Å². The lowest BCUT2D eigenvalue weighted by Crippen LogP contribution is -2.64. The lowest BCUT2D eigenvalue weighted by atomic mass is 9.97. The molecule has 1 unspecified atom stereocenters. The number of amides is 3. The zero-order valence-corrected chi connectivity index (χ0v) is 33.8. The lowest BCUT2D eigenvalue weighted by Gasteiger charge is -2.40. The van der Waals surface area contributed by atoms with Crippen molar-refractivity contribution >= 4 is 34.4 Å². The van der Waals surface area contributed by atoms with E-state index in [0.717, 1.165) is 63.2 Å². The van der Waals surface area contributed by atoms with Crippen LogP contribution in [0.25, 0.3) is 33.8 Å². The van der Waals surface area contributed by atoms with Crippen LogP contribution in [0.3, 0.4) is 0 Å². The summed E-state index contributed by atoms with van der Waals surface area (Å²) in [6.07, 6.45) is 4.62. The van der Waals surface area contributed by atoms with Crippen molar-refractivity contribution in [3.8, 4) is 22.8 Å². The van der Waals surface area contributed by atoms with Crippen LogP contribution in [-0.2, 0) is 14.4 Å². The molecule has 12 heteroatoms. The predicted octanol–water partition coefficient (Wildman–Crippen LogP) is 6.94. The van der Waals surface area contributed by atoms with E-state index in [1.165, 1.54) is 0 Å². The Morgan fingerprint density at radius 3 is 2.22 bits per heavy atom. The van der Waals surface area contributed by atoms with Crippen LogP contribution >= 0.6 is 0 Å². The van der Waals surface area contributed by atoms with Crippen LogP contribution < -0.4 is 10.2 Å². The van der Waals surface area contributed by atoms with Crippen molar-refractivity contribution in [3.05, 3.63) is 126 Å². The van der Waals surface area contributed by atoms with Gasteiger partial charge in [0.2, 0.25) is 11.8 Å². The summed E-state index contributed by atoms with van der Waals surface area (Å²) in [5.41, 5.74) is 12.6. The van der Waals surface area contributed by atoms with Crippen molar-refractivity contribution < 1.29 is 18.8 Å². The van der Waals surface area contributed by atoms with Crippen LogP contribution in [-0.4, -0.2) is 94.7 Å². The molecule has 0 saturated carbocycles. The number of nitrogens with two attached hydrogens (primary N) is 1. The van der Waals surface area contributed by atoms with Crippen LogP contribution in [0.15, 0.2) is 108 Å². The van der Waals surface area contributed by atoms with Gasteiger partial charge in [0.15, 0.2) is 17.8 Å². The SMILES string of the molecule is Cc1c(-c2ncc(-c3ccc4nc([C@@H]5CCCN5C(=O)[C@@H](c5ccccc5)N(C)C)[nH]c4c3)o2)cccc1[N+]1(C(=O)[C@@H](c2ccccc2)N(C)C)CCC[C@H]1C(N)=O. The highest BCUT2D eigenvalue weighted by atomic mass is 16.4. The first-order valence-electron chi connectivity index (χ1n) is 20.0. The number of hydrogen-bond donors (Lipinski definition) is 2. The highest BCUT2D eigenvalue weighted by Gasteiger charge is 2.56. The fraction of sp³-hybridized carbons (Fsp3) is 0.326. The zero-order valence-electron chi connectivity index (χ0n) is 33.8. The van der Waals surface area contributed by atoms with Gasteiger partial charge in [-0.1, -0.05) is 66.7 Å². The Kier molecular flexibility index (Phi) is 10.6. The molecule has 2 saturated heterocycles. The van der Waals surface area contributed by atoms with E-state index < -0.39 is 18.0 Å². The smallest absolute Gasteiger partial charge is 0.341 e. The fourth-order valence-corrected chi connectivity index (χ4v) is 9.38. The molecule has 8 rings (SSSR count). The van der Waals surface area contributed by atoms with E-state index in [1.807, 2.05) is 147 Å². The maximum atomic E-state index is 15.0. The highest BCUT2D eigenvalue weighted by Crippen LogP contribution is 2.44. The highest BCUT2D eigenvalue weighted by molar-refractivity contribution is 6.01. The van der Waals surface area contributed by atoms with Gasteiger partial charge in [-0.15, -0.1) is 0 Å². The average molecular weight is 780 g/mol. The third-order valence-electron chi connectivity index (χ3n) is 12.1. The van der Waals surface area contributed by atoms with Crippen LogP contribution in [0, 0.1) is 6.92 Å². The number of rotatable bonds is 11. The summed E-state index contributed by atoms with van der Waals surface area (Å²) < 4.78 is 6.30. The van der Waals surface area contributed by atoms with E-state index in [1.54, 1.807) is 6.20 Å². The van der Waals surface area contributed by atoms with Gasteiger partial charge in [-0.25, -0.2) is 19.2 Å². The molecule has 2 aliphatic rings. The number of quaternary nitrogens is 1. The zero-order chi connectivity index (χ0) is 40.7. The summed E-state index contributed by atoms with van der Waals surface area (Å²) in [6, 6.07) is 29.4. The number of aromatic amines is 1. The molecule has 58 heavy (non-hydrogen) atoms. The Morgan fingerprint density at radius 1 is 0.862 bits per heavy atom. The quantitative estimate of drug-likeness (QED) is 0.135. The van der Waals surface area contributed by atoms with Crippen molar-refractivity contribution in [2.75, 3.05) is 41.3 Å². The summed E-state index contributed by atoms with van der Waals surface area (Å²) >= 11 is 0. The van der Waals surface area contributed by atoms with Crippen molar-refractivity contribution in [3.63, 3.8) is 0 Å². The first-order chi connectivity index (χ1) is 28.0. The molecule has 6 aromatic rings. The molecule has 4 aromatic carbocycles. The molecule has 3 N–H and O–H groups in total. The molecule has 2 aromatic heterocycles. The normalized spacial score (nSPS) is 20.6. The maximum absolute atomic E-state index is 15.0. The molecule has 0 bridgehead atoms. The van der Waals surface area contributed by atoms with Gasteiger partial charge in [-0.3, -0.25) is 19.4 Å². The van der Waals surface area contributed by atoms with E-state index in [2.05, 4.69) is 4.98 Å². The van der Waals surface area contributed by atoms with E-state index in [0.29, 0.717) is 37.6 Å². The molecule has 0 radical (unpaired) electrons. The third kappa shape index (κ3) is 6.80. The number of hydrogen-bond acceptors (Lipinski definition) is 8. The molecule has 3 amide bonds. The summed E-state index contributed by atoms with van der Waals surface area (Å²) in [5, 5.41) is 0. The molecule has 12 nitrogen and oxygen atoms in total. The molecule has 0 spiro atoms. The second-order valence-electron chi connectivity index (χ2n) is 16.1. The Bertz CT molecular complexity index is 2460. The third-order valence-corrected chi connectivity index (χ3v) is 12.1. The van der Waals surface area contributed by atoms with Crippen LogP contribution in [0.2, 0.25) is 0 Å². The minimum absolute atomic E-state index is 0.0641. The first-order valence-corrected chi connectivity index (χ1v) is 20.0. The standard InChI is InChI=1S/C46H50N8O4/c1-29-33(19-12-21-37(29)54(26-14-22-38(54)42(47)55)46(57)41(52(4)5)31-17-10-7-11-18-31)44-48-28-39(58-44)32-23-24-34-35(27-32)50-43(49-34)36-20-13-25-53(36)45(56)40(51(2)3)30-15-8-6-9-16-30/h6-12,15-19,21,23-24,27-28,36,38,40-41H,13-14,20,22,25-26H2,1-5H3,(H2-,47,49,50,55)/p+1/t36-,38-,40+,41+,54?/m0/s1. The predicted molar refractivity (Wildman–Crippen MR) is 225 cm³/mol. The number of imidazole rings is 1. The number of carbonyl (C=O) groups is 3. The molecule has 2 fully saturated rings. The van der Waals surface area contributed by atoms with Crippen molar-refractivity contribution in [1.82, 2.24) is 34.1 Å². The number of benzene rings is 4. The number of nitrogens with one attached hydrogen (secondary N) is 1. The second-order valence-corrected chi connectivity index (χ2v) is 16.1. The molecule has 4 heterocycles. The fourth-order valence-electron chi connectivity index (χ4n) is 9.38. The molecule has 298 valence electrons.